The SMILES string of the molecule is CCN(CC)S(=O)(=O)c1cc(C(=O)O)cc(N(CCN2CCN(C)CC2)CCN2CCN(C)CC2)c1OCc1ccccc1. The molecule has 0 spiro atoms. The van der Waals surface area contributed by atoms with E-state index in [9.17, 15) is 18.3 Å². The van der Waals surface area contributed by atoms with Gasteiger partial charge in [-0.1, -0.05) is 44.2 Å². The van der Waals surface area contributed by atoms with Gasteiger partial charge in [-0.3, -0.25) is 9.80 Å². The number of rotatable bonds is 15. The average molecular weight is 631 g/mol. The Bertz CT molecular complexity index is 1280. The number of hydrogen-bond donors (Lipinski definition) is 1. The Balaban J connectivity index is 1.77. The topological polar surface area (TPSA) is 100 Å². The van der Waals surface area contributed by atoms with E-state index in [-0.39, 0.29) is 35.9 Å². The Kier molecular flexibility index (Phi) is 12.4. The first-order valence-electron chi connectivity index (χ1n) is 15.8. The maximum absolute atomic E-state index is 14.1. The summed E-state index contributed by atoms with van der Waals surface area (Å²) in [6.07, 6.45) is 0. The zero-order chi connectivity index (χ0) is 31.7. The van der Waals surface area contributed by atoms with Crippen molar-refractivity contribution in [2.45, 2.75) is 25.3 Å². The zero-order valence-electron chi connectivity index (χ0n) is 26.8. The molecule has 44 heavy (non-hydrogen) atoms. The highest BCUT2D eigenvalue weighted by Crippen LogP contribution is 2.39. The second-order valence-corrected chi connectivity index (χ2v) is 13.7. The Morgan fingerprint density at radius 2 is 1.36 bits per heavy atom. The van der Waals surface area contributed by atoms with Crippen molar-refractivity contribution in [2.75, 3.05) is 111 Å². The maximum Gasteiger partial charge on any atom is 0.335 e. The lowest BCUT2D eigenvalue weighted by Crippen LogP contribution is -2.49. The van der Waals surface area contributed by atoms with Crippen molar-refractivity contribution in [1.29, 1.82) is 0 Å². The minimum absolute atomic E-state index is 0.0676. The molecule has 12 heteroatoms. The van der Waals surface area contributed by atoms with Gasteiger partial charge in [0, 0.05) is 91.6 Å². The highest BCUT2D eigenvalue weighted by Gasteiger charge is 2.31. The zero-order valence-corrected chi connectivity index (χ0v) is 27.6. The van der Waals surface area contributed by atoms with Gasteiger partial charge in [-0.25, -0.2) is 13.2 Å². The maximum atomic E-state index is 14.1. The molecule has 2 heterocycles. The molecule has 1 N–H and O–H groups in total. The number of nitrogens with zero attached hydrogens (tertiary/aromatic N) is 6. The molecule has 11 nitrogen and oxygen atoms in total. The van der Waals surface area contributed by atoms with E-state index in [1.165, 1.54) is 10.4 Å². The van der Waals surface area contributed by atoms with E-state index in [0.29, 0.717) is 18.8 Å². The second-order valence-electron chi connectivity index (χ2n) is 11.8. The van der Waals surface area contributed by atoms with Gasteiger partial charge in [-0.05, 0) is 31.8 Å². The molecule has 4 rings (SSSR count). The smallest absolute Gasteiger partial charge is 0.335 e. The number of ether oxygens (including phenoxy) is 1. The summed E-state index contributed by atoms with van der Waals surface area (Å²) in [6, 6.07) is 12.5. The largest absolute Gasteiger partial charge is 0.485 e. The number of piperazine rings is 2. The van der Waals surface area contributed by atoms with E-state index in [1.54, 1.807) is 19.9 Å². The predicted molar refractivity (Wildman–Crippen MR) is 174 cm³/mol. The molecule has 2 aromatic carbocycles. The fraction of sp³-hybridized carbons (Fsp3) is 0.594. The van der Waals surface area contributed by atoms with Gasteiger partial charge >= 0.3 is 5.97 Å². The Morgan fingerprint density at radius 3 is 1.84 bits per heavy atom. The number of likely N-dealkylation sites (N-methyl/N-ethyl adjacent to an activating group) is 2. The van der Waals surface area contributed by atoms with Crippen LogP contribution in [0.2, 0.25) is 0 Å². The highest BCUT2D eigenvalue weighted by molar-refractivity contribution is 7.89. The number of benzene rings is 2. The second kappa shape index (κ2) is 16.0. The first-order valence-corrected chi connectivity index (χ1v) is 17.2. The summed E-state index contributed by atoms with van der Waals surface area (Å²) < 4.78 is 35.9. The van der Waals surface area contributed by atoms with Gasteiger partial charge in [0.05, 0.1) is 11.3 Å². The van der Waals surface area contributed by atoms with Crippen molar-refractivity contribution in [3.63, 3.8) is 0 Å². The van der Waals surface area contributed by atoms with Crippen molar-refractivity contribution in [3.05, 3.63) is 53.6 Å². The van der Waals surface area contributed by atoms with Gasteiger partial charge in [0.15, 0.2) is 5.75 Å². The fourth-order valence-electron chi connectivity index (χ4n) is 5.73. The lowest BCUT2D eigenvalue weighted by atomic mass is 10.1. The molecule has 0 bridgehead atoms. The molecule has 0 atom stereocenters. The minimum Gasteiger partial charge on any atom is -0.485 e. The summed E-state index contributed by atoms with van der Waals surface area (Å²) in [5, 5.41) is 10.2. The highest BCUT2D eigenvalue weighted by atomic mass is 32.2. The molecular formula is C32H50N6O5S. The van der Waals surface area contributed by atoms with Gasteiger partial charge < -0.3 is 24.5 Å². The Hall–Kier alpha value is -2.74. The van der Waals surface area contributed by atoms with Crippen molar-refractivity contribution < 1.29 is 23.1 Å². The lowest BCUT2D eigenvalue weighted by molar-refractivity contribution is 0.0696. The molecule has 0 aliphatic carbocycles. The molecule has 0 aromatic heterocycles. The van der Waals surface area contributed by atoms with Crippen LogP contribution in [0.4, 0.5) is 5.69 Å². The van der Waals surface area contributed by atoms with Crippen LogP contribution in [-0.4, -0.2) is 149 Å². The molecule has 244 valence electrons. The summed E-state index contributed by atoms with van der Waals surface area (Å²) in [5.74, 6) is -0.961. The van der Waals surface area contributed by atoms with Crippen LogP contribution in [0.25, 0.3) is 0 Å². The number of carbonyl (C=O) groups is 1. The standard InChI is InChI=1S/C32H50N6O5S/c1-5-38(6-2)44(41,42)30-25-28(32(39)40)24-29(31(30)43-26-27-10-8-7-9-11-27)37(22-20-35-16-12-33(3)13-17-35)23-21-36-18-14-34(4)15-19-36/h7-11,24-25H,5-6,12-23,26H2,1-4H3,(H,39,40). The van der Waals surface area contributed by atoms with Gasteiger partial charge in [-0.15, -0.1) is 0 Å². The van der Waals surface area contributed by atoms with E-state index in [2.05, 4.69) is 38.6 Å². The molecule has 0 radical (unpaired) electrons. The van der Waals surface area contributed by atoms with Crippen LogP contribution in [0.1, 0.15) is 29.8 Å². The number of anilines is 1. The monoisotopic (exact) mass is 630 g/mol. The number of sulfonamides is 1. The van der Waals surface area contributed by atoms with Crippen molar-refractivity contribution in [2.24, 2.45) is 0 Å². The minimum atomic E-state index is -4.04. The van der Waals surface area contributed by atoms with Crippen molar-refractivity contribution in [3.8, 4) is 5.75 Å². The third-order valence-electron chi connectivity index (χ3n) is 8.74. The molecule has 2 aliphatic heterocycles. The molecule has 0 saturated carbocycles. The number of carboxylic acid groups (broad SMARTS) is 1. The summed E-state index contributed by atoms with van der Waals surface area (Å²) >= 11 is 0. The first-order chi connectivity index (χ1) is 21.1. The third-order valence-corrected chi connectivity index (χ3v) is 10.8. The average Bonchev–Trinajstić information content (AvgIpc) is 3.02. The summed E-state index contributed by atoms with van der Waals surface area (Å²) in [6.45, 7) is 14.8. The molecule has 2 aliphatic rings. The number of carboxylic acids is 1. The van der Waals surface area contributed by atoms with Crippen LogP contribution in [0.3, 0.4) is 0 Å². The van der Waals surface area contributed by atoms with Gasteiger partial charge in [-0.2, -0.15) is 4.31 Å². The van der Waals surface area contributed by atoms with Gasteiger partial charge in [0.25, 0.3) is 0 Å². The van der Waals surface area contributed by atoms with Crippen LogP contribution < -0.4 is 9.64 Å². The van der Waals surface area contributed by atoms with E-state index in [0.717, 1.165) is 71.0 Å². The summed E-state index contributed by atoms with van der Waals surface area (Å²) in [4.78, 5) is 23.9. The molecule has 2 saturated heterocycles. The summed E-state index contributed by atoms with van der Waals surface area (Å²) in [5.41, 5.74) is 1.34. The summed E-state index contributed by atoms with van der Waals surface area (Å²) in [7, 11) is 0.216. The van der Waals surface area contributed by atoms with Crippen LogP contribution in [0.5, 0.6) is 5.75 Å². The van der Waals surface area contributed by atoms with E-state index < -0.39 is 16.0 Å². The van der Waals surface area contributed by atoms with Crippen molar-refractivity contribution >= 4 is 21.7 Å². The van der Waals surface area contributed by atoms with Crippen LogP contribution in [-0.2, 0) is 16.6 Å². The fourth-order valence-corrected chi connectivity index (χ4v) is 7.37. The number of aromatic carboxylic acids is 1. The Labute approximate surface area is 263 Å². The lowest BCUT2D eigenvalue weighted by Gasteiger charge is -2.37. The van der Waals surface area contributed by atoms with Crippen LogP contribution >= 0.6 is 0 Å². The molecule has 0 unspecified atom stereocenters. The molecular weight excluding hydrogens is 580 g/mol. The molecule has 2 aromatic rings. The molecule has 2 fully saturated rings. The van der Waals surface area contributed by atoms with Crippen LogP contribution in [0, 0.1) is 0 Å². The van der Waals surface area contributed by atoms with E-state index in [1.807, 2.05) is 30.3 Å². The van der Waals surface area contributed by atoms with Gasteiger partial charge in [0.1, 0.15) is 11.5 Å². The van der Waals surface area contributed by atoms with E-state index >= 15 is 0 Å². The first kappa shape index (κ1) is 34.1. The van der Waals surface area contributed by atoms with E-state index in [4.69, 9.17) is 4.74 Å². The quantitative estimate of drug-likeness (QED) is 0.316. The van der Waals surface area contributed by atoms with Crippen molar-refractivity contribution in [1.82, 2.24) is 23.9 Å². The normalized spacial score (nSPS) is 17.7. The third kappa shape index (κ3) is 8.92. The Morgan fingerprint density at radius 1 is 0.841 bits per heavy atom. The predicted octanol–water partition coefficient (Wildman–Crippen LogP) is 2.30. The number of hydrogen-bond acceptors (Lipinski definition) is 9. The molecule has 0 amide bonds. The van der Waals surface area contributed by atoms with Gasteiger partial charge in [0.2, 0.25) is 10.0 Å². The van der Waals surface area contributed by atoms with Crippen LogP contribution in [0.15, 0.2) is 47.4 Å².